The van der Waals surface area contributed by atoms with Crippen molar-refractivity contribution in [1.29, 1.82) is 0 Å². The highest BCUT2D eigenvalue weighted by atomic mass is 16.6. The number of phenolic OH excluding ortho intramolecular Hbond substituents is 1. The molecule has 0 spiro atoms. The fraction of sp³-hybridized carbons (Fsp3) is 0.429. The van der Waals surface area contributed by atoms with E-state index in [0.717, 1.165) is 17.2 Å². The van der Waals surface area contributed by atoms with E-state index in [9.17, 15) is 24.3 Å². The molecule has 3 rings (SSSR count). The Morgan fingerprint density at radius 1 is 0.889 bits per heavy atom. The van der Waals surface area contributed by atoms with Gasteiger partial charge in [-0.25, -0.2) is 4.79 Å². The summed E-state index contributed by atoms with van der Waals surface area (Å²) in [5, 5.41) is 18.5. The van der Waals surface area contributed by atoms with Crippen molar-refractivity contribution < 1.29 is 29.0 Å². The topological polar surface area (TPSA) is 151 Å². The molecule has 3 atom stereocenters. The maximum absolute atomic E-state index is 14.5. The van der Waals surface area contributed by atoms with Crippen molar-refractivity contribution >= 4 is 40.3 Å². The second kappa shape index (κ2) is 15.4. The highest BCUT2D eigenvalue weighted by molar-refractivity contribution is 6.01. The van der Waals surface area contributed by atoms with Crippen molar-refractivity contribution in [2.45, 2.75) is 91.0 Å². The van der Waals surface area contributed by atoms with Crippen LogP contribution in [0.1, 0.15) is 78.8 Å². The minimum absolute atomic E-state index is 0.111. The standard InChI is InChI=1S/C35H46N4O6/c1-22(2)15-16-23(3)39(33(43)28(19-20-30(36)41)38-34(44)45-35(4,5)6)31(27-13-9-10-14-29(27)40)32(42)37-26-18-17-24-11-7-8-12-25(24)21-26/h7-14,17-18,21-23,28,31,40H,15-16,19-20H2,1-6H3,(H2,36,41)(H,37,42)(H,38,44). The Balaban J connectivity index is 2.11. The number of hydrogen-bond donors (Lipinski definition) is 4. The highest BCUT2D eigenvalue weighted by Gasteiger charge is 2.40. The molecule has 5 N–H and O–H groups in total. The number of nitrogens with zero attached hydrogens (tertiary/aromatic N) is 1. The average molecular weight is 619 g/mol. The lowest BCUT2D eigenvalue weighted by molar-refractivity contribution is -0.143. The molecule has 10 heteroatoms. The van der Waals surface area contributed by atoms with Crippen LogP contribution >= 0.6 is 0 Å². The molecular weight excluding hydrogens is 572 g/mol. The van der Waals surface area contributed by atoms with Crippen molar-refractivity contribution in [2.24, 2.45) is 11.7 Å². The van der Waals surface area contributed by atoms with Gasteiger partial charge in [-0.15, -0.1) is 0 Å². The van der Waals surface area contributed by atoms with E-state index < -0.39 is 47.5 Å². The maximum atomic E-state index is 14.5. The van der Waals surface area contributed by atoms with Gasteiger partial charge in [0.05, 0.1) is 0 Å². The first-order chi connectivity index (χ1) is 21.2. The van der Waals surface area contributed by atoms with Gasteiger partial charge in [0, 0.05) is 23.7 Å². The minimum atomic E-state index is -1.29. The van der Waals surface area contributed by atoms with Gasteiger partial charge in [-0.3, -0.25) is 14.4 Å². The number of benzene rings is 3. The monoisotopic (exact) mass is 618 g/mol. The van der Waals surface area contributed by atoms with Crippen molar-refractivity contribution in [2.75, 3.05) is 5.32 Å². The summed E-state index contributed by atoms with van der Waals surface area (Å²) in [7, 11) is 0. The second-order valence-corrected chi connectivity index (χ2v) is 12.8. The van der Waals surface area contributed by atoms with Gasteiger partial charge in [0.15, 0.2) is 0 Å². The third-order valence-corrected chi connectivity index (χ3v) is 7.33. The van der Waals surface area contributed by atoms with E-state index >= 15 is 0 Å². The fourth-order valence-corrected chi connectivity index (χ4v) is 5.10. The van der Waals surface area contributed by atoms with Gasteiger partial charge in [-0.1, -0.05) is 62.4 Å². The number of nitrogens with one attached hydrogen (secondary N) is 2. The SMILES string of the molecule is CC(C)CCC(C)N(C(=O)C(CCC(N)=O)NC(=O)OC(C)(C)C)C(C(=O)Nc1ccc2ccccc2c1)c1ccccc1O. The second-order valence-electron chi connectivity index (χ2n) is 12.8. The van der Waals surface area contributed by atoms with Crippen LogP contribution in [0.4, 0.5) is 10.5 Å². The predicted molar refractivity (Wildman–Crippen MR) is 175 cm³/mol. The van der Waals surface area contributed by atoms with Gasteiger partial charge in [0.1, 0.15) is 23.4 Å². The molecule has 3 aromatic rings. The summed E-state index contributed by atoms with van der Waals surface area (Å²) in [6.07, 6.45) is 0.132. The number of fused-ring (bicyclic) bond motifs is 1. The normalized spacial score (nSPS) is 13.5. The van der Waals surface area contributed by atoms with E-state index in [1.54, 1.807) is 45.0 Å². The van der Waals surface area contributed by atoms with Gasteiger partial charge in [0.25, 0.3) is 5.91 Å². The van der Waals surface area contributed by atoms with Crippen LogP contribution in [0.2, 0.25) is 0 Å². The number of amides is 4. The van der Waals surface area contributed by atoms with Crippen molar-refractivity contribution in [1.82, 2.24) is 10.2 Å². The summed E-state index contributed by atoms with van der Waals surface area (Å²) >= 11 is 0. The number of carbonyl (C=O) groups is 4. The summed E-state index contributed by atoms with van der Waals surface area (Å²) in [4.78, 5) is 54.9. The molecule has 0 aliphatic rings. The lowest BCUT2D eigenvalue weighted by Crippen LogP contribution is -2.55. The molecule has 0 saturated carbocycles. The third-order valence-electron chi connectivity index (χ3n) is 7.33. The molecule has 0 fully saturated rings. The molecule has 0 radical (unpaired) electrons. The van der Waals surface area contributed by atoms with Crippen LogP contribution in [-0.2, 0) is 19.1 Å². The summed E-state index contributed by atoms with van der Waals surface area (Å²) in [5.74, 6) is -1.67. The van der Waals surface area contributed by atoms with Gasteiger partial charge in [-0.05, 0) is 81.8 Å². The molecule has 3 unspecified atom stereocenters. The first kappa shape index (κ1) is 34.9. The van der Waals surface area contributed by atoms with E-state index in [1.165, 1.54) is 11.0 Å². The molecule has 0 heterocycles. The summed E-state index contributed by atoms with van der Waals surface area (Å²) in [6.45, 7) is 11.0. The average Bonchev–Trinajstić information content (AvgIpc) is 2.95. The van der Waals surface area contributed by atoms with Crippen LogP contribution in [-0.4, -0.2) is 51.5 Å². The Hall–Kier alpha value is -4.60. The number of ether oxygens (including phenoxy) is 1. The third kappa shape index (κ3) is 10.2. The summed E-state index contributed by atoms with van der Waals surface area (Å²) < 4.78 is 5.41. The number of phenols is 1. The smallest absolute Gasteiger partial charge is 0.408 e. The van der Waals surface area contributed by atoms with Crippen molar-refractivity contribution in [3.05, 3.63) is 72.3 Å². The van der Waals surface area contributed by atoms with Crippen LogP contribution < -0.4 is 16.4 Å². The van der Waals surface area contributed by atoms with Crippen LogP contribution in [0.15, 0.2) is 66.7 Å². The van der Waals surface area contributed by atoms with Gasteiger partial charge in [-0.2, -0.15) is 0 Å². The molecule has 45 heavy (non-hydrogen) atoms. The molecule has 242 valence electrons. The van der Waals surface area contributed by atoms with Crippen LogP contribution in [0.3, 0.4) is 0 Å². The molecule has 10 nitrogen and oxygen atoms in total. The van der Waals surface area contributed by atoms with Crippen LogP contribution in [0, 0.1) is 5.92 Å². The first-order valence-electron chi connectivity index (χ1n) is 15.3. The summed E-state index contributed by atoms with van der Waals surface area (Å²) in [5.41, 5.74) is 5.31. The van der Waals surface area contributed by atoms with Gasteiger partial charge >= 0.3 is 6.09 Å². The quantitative estimate of drug-likeness (QED) is 0.183. The predicted octanol–water partition coefficient (Wildman–Crippen LogP) is 6.04. The van der Waals surface area contributed by atoms with E-state index in [4.69, 9.17) is 10.5 Å². The van der Waals surface area contributed by atoms with Gasteiger partial charge < -0.3 is 31.1 Å². The Bertz CT molecular complexity index is 1500. The van der Waals surface area contributed by atoms with E-state index in [1.807, 2.05) is 43.3 Å². The number of hydrogen-bond acceptors (Lipinski definition) is 6. The largest absolute Gasteiger partial charge is 0.508 e. The molecule has 0 bridgehead atoms. The number of rotatable bonds is 13. The Morgan fingerprint density at radius 3 is 2.16 bits per heavy atom. The molecule has 0 aromatic heterocycles. The number of nitrogens with two attached hydrogens (primary N) is 1. The zero-order valence-corrected chi connectivity index (χ0v) is 27.0. The number of para-hydroxylation sites is 1. The van der Waals surface area contributed by atoms with Crippen molar-refractivity contribution in [3.63, 3.8) is 0 Å². The van der Waals surface area contributed by atoms with Crippen molar-refractivity contribution in [3.8, 4) is 5.75 Å². The van der Waals surface area contributed by atoms with E-state index in [2.05, 4.69) is 24.5 Å². The van der Waals surface area contributed by atoms with Gasteiger partial charge in [0.2, 0.25) is 11.8 Å². The lowest BCUT2D eigenvalue weighted by atomic mass is 9.96. The van der Waals surface area contributed by atoms with E-state index in [-0.39, 0.29) is 24.2 Å². The number of carbonyl (C=O) groups excluding carboxylic acids is 4. The molecule has 0 aliphatic carbocycles. The zero-order valence-electron chi connectivity index (χ0n) is 27.0. The number of aromatic hydroxyl groups is 1. The molecule has 3 aromatic carbocycles. The van der Waals surface area contributed by atoms with Crippen LogP contribution in [0.25, 0.3) is 10.8 Å². The fourth-order valence-electron chi connectivity index (χ4n) is 5.10. The Morgan fingerprint density at radius 2 is 1.53 bits per heavy atom. The number of alkyl carbamates (subject to hydrolysis) is 1. The van der Waals surface area contributed by atoms with E-state index in [0.29, 0.717) is 18.0 Å². The molecular formula is C35H46N4O6. The summed E-state index contributed by atoms with van der Waals surface area (Å²) in [6, 6.07) is 16.5. The molecule has 0 aliphatic heterocycles. The minimum Gasteiger partial charge on any atom is -0.508 e. The molecule has 0 saturated heterocycles. The number of primary amides is 1. The number of anilines is 1. The Kier molecular flexibility index (Phi) is 11.9. The Labute approximate surface area is 265 Å². The molecule has 4 amide bonds. The van der Waals surface area contributed by atoms with Crippen LogP contribution in [0.5, 0.6) is 5.75 Å². The first-order valence-corrected chi connectivity index (χ1v) is 15.3. The lowest BCUT2D eigenvalue weighted by Gasteiger charge is -2.39. The zero-order chi connectivity index (χ0) is 33.3. The highest BCUT2D eigenvalue weighted by Crippen LogP contribution is 2.34. The maximum Gasteiger partial charge on any atom is 0.408 e.